The van der Waals surface area contributed by atoms with Crippen LogP contribution in [0.1, 0.15) is 21.7 Å². The number of pyridine rings is 1. The number of imidazole rings is 1. The molecule has 3 rings (SSSR count). The van der Waals surface area contributed by atoms with Gasteiger partial charge in [0, 0.05) is 18.8 Å². The van der Waals surface area contributed by atoms with Crippen molar-refractivity contribution >= 4 is 33.2 Å². The van der Waals surface area contributed by atoms with Gasteiger partial charge < -0.3 is 19.8 Å². The van der Waals surface area contributed by atoms with E-state index in [4.69, 9.17) is 4.74 Å². The van der Waals surface area contributed by atoms with Crippen molar-refractivity contribution in [3.8, 4) is 17.6 Å². The molecule has 0 saturated heterocycles. The first-order chi connectivity index (χ1) is 14.7. The van der Waals surface area contributed by atoms with Gasteiger partial charge in [0.2, 0.25) is 0 Å². The molecule has 0 aliphatic rings. The number of benzene rings is 1. The molecule has 6 nitrogen and oxygen atoms in total. The number of nitrogens with one attached hydrogen (secondary N) is 2. The molecule has 0 aliphatic carbocycles. The maximum absolute atomic E-state index is 13.1. The molecular weight excluding hydrogens is 477 g/mol. The van der Waals surface area contributed by atoms with Crippen molar-refractivity contribution in [2.75, 3.05) is 26.0 Å². The summed E-state index contributed by atoms with van der Waals surface area (Å²) in [6.07, 6.45) is -4.01. The molecule has 2 heterocycles. The molecular formula is C21H18BrF3N4O2. The highest BCUT2D eigenvalue weighted by atomic mass is 79.9. The number of anilines is 1. The number of fused-ring (bicyclic) bond motifs is 1. The van der Waals surface area contributed by atoms with Crippen LogP contribution in [0.2, 0.25) is 0 Å². The molecule has 0 bridgehead atoms. The van der Waals surface area contributed by atoms with Crippen molar-refractivity contribution in [2.24, 2.45) is 0 Å². The summed E-state index contributed by atoms with van der Waals surface area (Å²) in [6.45, 7) is 0.135. The molecule has 0 saturated carbocycles. The van der Waals surface area contributed by atoms with Crippen LogP contribution in [0.15, 0.2) is 41.0 Å². The zero-order chi connectivity index (χ0) is 22.6. The van der Waals surface area contributed by atoms with E-state index in [2.05, 4.69) is 43.4 Å². The lowest BCUT2D eigenvalue weighted by Crippen LogP contribution is -2.17. The number of nitrogens with zero attached hydrogens (tertiary/aromatic N) is 2. The lowest BCUT2D eigenvalue weighted by molar-refractivity contribution is -0.128. The molecule has 31 heavy (non-hydrogen) atoms. The number of hydrogen-bond acceptors (Lipinski definition) is 4. The average Bonchev–Trinajstić information content (AvgIpc) is 3.07. The number of aromatic nitrogens is 2. The van der Waals surface area contributed by atoms with Gasteiger partial charge in [0.15, 0.2) is 5.65 Å². The second-order valence-corrected chi connectivity index (χ2v) is 7.25. The quantitative estimate of drug-likeness (QED) is 0.525. The summed E-state index contributed by atoms with van der Waals surface area (Å²) in [5, 5.41) is 5.56. The fraction of sp³-hybridized carbons (Fsp3) is 0.238. The monoisotopic (exact) mass is 494 g/mol. The van der Waals surface area contributed by atoms with E-state index >= 15 is 0 Å². The Bertz CT molecular complexity index is 1180. The smallest absolute Gasteiger partial charge is 0.394 e. The fourth-order valence-electron chi connectivity index (χ4n) is 2.93. The highest BCUT2D eigenvalue weighted by Gasteiger charge is 2.31. The maximum atomic E-state index is 13.1. The van der Waals surface area contributed by atoms with Gasteiger partial charge in [0.1, 0.15) is 11.4 Å². The van der Waals surface area contributed by atoms with E-state index < -0.39 is 12.6 Å². The van der Waals surface area contributed by atoms with Gasteiger partial charge in [-0.3, -0.25) is 4.79 Å². The summed E-state index contributed by atoms with van der Waals surface area (Å²) in [5.41, 5.74) is 1.43. The minimum atomic E-state index is -4.40. The van der Waals surface area contributed by atoms with E-state index in [9.17, 15) is 18.0 Å². The summed E-state index contributed by atoms with van der Waals surface area (Å²) in [4.78, 5) is 16.0. The van der Waals surface area contributed by atoms with Crippen LogP contribution in [0.4, 0.5) is 18.9 Å². The number of amides is 1. The number of hydrogen-bond donors (Lipinski definition) is 2. The Hall–Kier alpha value is -3.19. The summed E-state index contributed by atoms with van der Waals surface area (Å²) in [5.74, 6) is 5.72. The number of carbonyl (C=O) groups excluding carboxylic acids is 1. The van der Waals surface area contributed by atoms with Crippen LogP contribution in [-0.4, -0.2) is 42.2 Å². The Morgan fingerprint density at radius 3 is 2.77 bits per heavy atom. The number of methoxy groups -OCH3 is 1. The molecule has 10 heteroatoms. The molecule has 162 valence electrons. The van der Waals surface area contributed by atoms with Crippen molar-refractivity contribution in [3.05, 3.63) is 58.0 Å². The van der Waals surface area contributed by atoms with Crippen LogP contribution in [-0.2, 0) is 6.42 Å². The third-order valence-corrected chi connectivity index (χ3v) is 4.95. The number of rotatable bonds is 5. The molecule has 0 aliphatic heterocycles. The second kappa shape index (κ2) is 9.31. The van der Waals surface area contributed by atoms with E-state index in [1.165, 1.54) is 24.8 Å². The van der Waals surface area contributed by atoms with Crippen molar-refractivity contribution in [2.45, 2.75) is 12.6 Å². The Balaban J connectivity index is 1.84. The molecule has 0 unspecified atom stereocenters. The minimum Gasteiger partial charge on any atom is -0.495 e. The number of halogens is 4. The molecule has 0 fully saturated rings. The first-order valence-corrected chi connectivity index (χ1v) is 9.88. The Labute approximate surface area is 184 Å². The number of ether oxygens (including phenoxy) is 1. The first-order valence-electron chi connectivity index (χ1n) is 9.08. The molecule has 1 amide bonds. The average molecular weight is 495 g/mol. The second-order valence-electron chi connectivity index (χ2n) is 6.40. The van der Waals surface area contributed by atoms with Gasteiger partial charge in [-0.2, -0.15) is 13.2 Å². The van der Waals surface area contributed by atoms with Gasteiger partial charge in [0.05, 0.1) is 35.9 Å². The third-order valence-electron chi connectivity index (χ3n) is 4.33. The number of carbonyl (C=O) groups is 1. The van der Waals surface area contributed by atoms with Gasteiger partial charge in [-0.1, -0.05) is 5.92 Å². The van der Waals surface area contributed by atoms with Crippen molar-refractivity contribution in [3.63, 3.8) is 0 Å². The molecule has 0 atom stereocenters. The molecule has 1 aromatic carbocycles. The van der Waals surface area contributed by atoms with Gasteiger partial charge in [-0.15, -0.1) is 0 Å². The van der Waals surface area contributed by atoms with Gasteiger partial charge in [-0.25, -0.2) is 4.98 Å². The molecule has 3 aromatic rings. The minimum absolute atomic E-state index is 0.0242. The highest BCUT2D eigenvalue weighted by molar-refractivity contribution is 9.10. The summed E-state index contributed by atoms with van der Waals surface area (Å²) >= 11 is 3.31. The predicted octanol–water partition coefficient (Wildman–Crippen LogP) is 4.03. The van der Waals surface area contributed by atoms with Crippen LogP contribution < -0.4 is 15.4 Å². The topological polar surface area (TPSA) is 67.7 Å². The maximum Gasteiger partial charge on any atom is 0.394 e. The van der Waals surface area contributed by atoms with E-state index in [-0.39, 0.29) is 23.8 Å². The van der Waals surface area contributed by atoms with Crippen LogP contribution in [0.3, 0.4) is 0 Å². The lowest BCUT2D eigenvalue weighted by atomic mass is 10.1. The van der Waals surface area contributed by atoms with Gasteiger partial charge >= 0.3 is 6.18 Å². The normalized spacial score (nSPS) is 11.0. The first kappa shape index (κ1) is 22.5. The lowest BCUT2D eigenvalue weighted by Gasteiger charge is -2.10. The predicted molar refractivity (Wildman–Crippen MR) is 114 cm³/mol. The van der Waals surface area contributed by atoms with Crippen LogP contribution >= 0.6 is 15.9 Å². The van der Waals surface area contributed by atoms with Gasteiger partial charge in [-0.05, 0) is 52.2 Å². The van der Waals surface area contributed by atoms with Crippen molar-refractivity contribution in [1.82, 2.24) is 14.7 Å². The molecule has 2 N–H and O–H groups in total. The van der Waals surface area contributed by atoms with E-state index in [1.54, 1.807) is 30.3 Å². The molecule has 0 spiro atoms. The van der Waals surface area contributed by atoms with Crippen molar-refractivity contribution in [1.29, 1.82) is 0 Å². The molecule has 0 radical (unpaired) electrons. The van der Waals surface area contributed by atoms with E-state index in [1.807, 2.05) is 0 Å². The SMILES string of the molecule is CNC(=O)c1ccc(NCC#Cc2nc3c(Br)cccn3c2CC(F)(F)F)c(OC)c1. The zero-order valence-corrected chi connectivity index (χ0v) is 18.2. The Kier molecular flexibility index (Phi) is 6.75. The third kappa shape index (κ3) is 5.30. The zero-order valence-electron chi connectivity index (χ0n) is 16.6. The Morgan fingerprint density at radius 2 is 2.10 bits per heavy atom. The van der Waals surface area contributed by atoms with E-state index in [0.29, 0.717) is 27.1 Å². The van der Waals surface area contributed by atoms with Gasteiger partial charge in [0.25, 0.3) is 5.91 Å². The summed E-state index contributed by atoms with van der Waals surface area (Å²) in [6, 6.07) is 8.20. The van der Waals surface area contributed by atoms with Crippen LogP contribution in [0.25, 0.3) is 5.65 Å². The van der Waals surface area contributed by atoms with E-state index in [0.717, 1.165) is 0 Å². The van der Waals surface area contributed by atoms with Crippen molar-refractivity contribution < 1.29 is 22.7 Å². The van der Waals surface area contributed by atoms with Crippen LogP contribution in [0, 0.1) is 11.8 Å². The highest BCUT2D eigenvalue weighted by Crippen LogP contribution is 2.27. The van der Waals surface area contributed by atoms with Crippen LogP contribution in [0.5, 0.6) is 5.75 Å². The Morgan fingerprint density at radius 1 is 1.32 bits per heavy atom. The summed E-state index contributed by atoms with van der Waals surface area (Å²) < 4.78 is 46.5. The fourth-order valence-corrected chi connectivity index (χ4v) is 3.36. The number of alkyl halides is 3. The molecule has 2 aromatic heterocycles. The summed E-state index contributed by atoms with van der Waals surface area (Å²) in [7, 11) is 3.00. The standard InChI is InChI=1S/C21H18BrF3N4O2/c1-26-20(30)13-7-8-16(18(11-13)31-2)27-9-3-6-15-17(12-21(23,24)25)29-10-4-5-14(22)19(29)28-15/h4-5,7-8,10-11,27H,9,12H2,1-2H3,(H,26,30). The largest absolute Gasteiger partial charge is 0.495 e.